The van der Waals surface area contributed by atoms with E-state index in [1.807, 2.05) is 38.1 Å². The molecule has 0 radical (unpaired) electrons. The molecule has 0 spiro atoms. The predicted molar refractivity (Wildman–Crippen MR) is 104 cm³/mol. The van der Waals surface area contributed by atoms with Crippen LogP contribution in [-0.4, -0.2) is 27.0 Å². The van der Waals surface area contributed by atoms with Gasteiger partial charge in [0.1, 0.15) is 11.4 Å². The van der Waals surface area contributed by atoms with E-state index < -0.39 is 0 Å². The van der Waals surface area contributed by atoms with Crippen LogP contribution in [0.15, 0.2) is 61.1 Å². The first kappa shape index (κ1) is 18.3. The van der Waals surface area contributed by atoms with Gasteiger partial charge in [0.15, 0.2) is 0 Å². The Morgan fingerprint density at radius 2 is 1.93 bits per heavy atom. The lowest BCUT2D eigenvalue weighted by atomic mass is 10.3. The second-order valence-electron chi connectivity index (χ2n) is 6.13. The minimum atomic E-state index is -0.306. The normalized spacial score (nSPS) is 10.5. The highest BCUT2D eigenvalue weighted by Gasteiger charge is 2.10. The van der Waals surface area contributed by atoms with Crippen molar-refractivity contribution in [2.75, 3.05) is 10.6 Å². The van der Waals surface area contributed by atoms with Crippen molar-refractivity contribution >= 4 is 17.5 Å². The molecule has 0 fully saturated rings. The van der Waals surface area contributed by atoms with Crippen molar-refractivity contribution < 1.29 is 9.53 Å². The van der Waals surface area contributed by atoms with Gasteiger partial charge >= 0.3 is 0 Å². The van der Waals surface area contributed by atoms with Crippen molar-refractivity contribution in [3.8, 4) is 5.75 Å². The Morgan fingerprint density at radius 1 is 1.11 bits per heavy atom. The summed E-state index contributed by atoms with van der Waals surface area (Å²) in [5, 5.41) is 5.90. The number of pyridine rings is 1. The summed E-state index contributed by atoms with van der Waals surface area (Å²) in [7, 11) is 0. The average molecular weight is 363 g/mol. The average Bonchev–Trinajstić information content (AvgIpc) is 2.68. The standard InChI is InChI=1S/C20H21N5O2/c1-14(2)27-17-7-5-16(6-8-17)24-19(26)18-9-11-22-20(25-18)23-13-15-4-3-10-21-12-15/h3-12,14H,13H2,1-2H3,(H,24,26)(H,22,23,25). The van der Waals surface area contributed by atoms with Gasteiger partial charge in [-0.25, -0.2) is 9.97 Å². The van der Waals surface area contributed by atoms with E-state index in [1.54, 1.807) is 36.8 Å². The van der Waals surface area contributed by atoms with Gasteiger partial charge in [0.05, 0.1) is 6.10 Å². The van der Waals surface area contributed by atoms with Crippen LogP contribution in [0.1, 0.15) is 29.9 Å². The Morgan fingerprint density at radius 3 is 2.63 bits per heavy atom. The maximum Gasteiger partial charge on any atom is 0.274 e. The molecule has 0 aliphatic carbocycles. The minimum absolute atomic E-state index is 0.101. The first-order valence-electron chi connectivity index (χ1n) is 8.64. The minimum Gasteiger partial charge on any atom is -0.491 e. The number of nitrogens with one attached hydrogen (secondary N) is 2. The van der Waals surface area contributed by atoms with E-state index in [4.69, 9.17) is 4.74 Å². The van der Waals surface area contributed by atoms with E-state index in [9.17, 15) is 4.79 Å². The monoisotopic (exact) mass is 363 g/mol. The van der Waals surface area contributed by atoms with Crippen molar-refractivity contribution in [1.29, 1.82) is 0 Å². The van der Waals surface area contributed by atoms with E-state index in [0.717, 1.165) is 11.3 Å². The van der Waals surface area contributed by atoms with Crippen molar-refractivity contribution in [2.24, 2.45) is 0 Å². The summed E-state index contributed by atoms with van der Waals surface area (Å²) in [6.07, 6.45) is 5.12. The molecule has 7 nitrogen and oxygen atoms in total. The Bertz CT molecular complexity index is 882. The lowest BCUT2D eigenvalue weighted by Crippen LogP contribution is -2.15. The van der Waals surface area contributed by atoms with E-state index in [2.05, 4.69) is 25.6 Å². The highest BCUT2D eigenvalue weighted by molar-refractivity contribution is 6.02. The molecule has 0 unspecified atom stereocenters. The van der Waals surface area contributed by atoms with Gasteiger partial charge in [0.25, 0.3) is 5.91 Å². The summed E-state index contributed by atoms with van der Waals surface area (Å²) in [5.74, 6) is 0.832. The summed E-state index contributed by atoms with van der Waals surface area (Å²) in [6, 6.07) is 12.6. The fourth-order valence-corrected chi connectivity index (χ4v) is 2.34. The third-order valence-corrected chi connectivity index (χ3v) is 3.55. The number of hydrogen-bond acceptors (Lipinski definition) is 6. The van der Waals surface area contributed by atoms with Gasteiger partial charge in [-0.15, -0.1) is 0 Å². The van der Waals surface area contributed by atoms with Gasteiger partial charge < -0.3 is 15.4 Å². The van der Waals surface area contributed by atoms with Crippen LogP contribution in [0.5, 0.6) is 5.75 Å². The zero-order chi connectivity index (χ0) is 19.1. The molecule has 3 aromatic rings. The maximum atomic E-state index is 12.4. The second kappa shape index (κ2) is 8.75. The molecule has 2 aromatic heterocycles. The van der Waals surface area contributed by atoms with Crippen LogP contribution in [-0.2, 0) is 6.54 Å². The second-order valence-corrected chi connectivity index (χ2v) is 6.13. The van der Waals surface area contributed by atoms with Crippen molar-refractivity contribution in [3.63, 3.8) is 0 Å². The topological polar surface area (TPSA) is 89.0 Å². The fraction of sp³-hybridized carbons (Fsp3) is 0.200. The number of aromatic nitrogens is 3. The van der Waals surface area contributed by atoms with Crippen LogP contribution in [0.3, 0.4) is 0 Å². The molecule has 1 aromatic carbocycles. The van der Waals surface area contributed by atoms with Gasteiger partial charge in [0.2, 0.25) is 5.95 Å². The van der Waals surface area contributed by atoms with Crippen LogP contribution in [0, 0.1) is 0 Å². The van der Waals surface area contributed by atoms with Crippen molar-refractivity contribution in [3.05, 3.63) is 72.3 Å². The molecule has 7 heteroatoms. The molecule has 3 rings (SSSR count). The van der Waals surface area contributed by atoms with Crippen molar-refractivity contribution in [1.82, 2.24) is 15.0 Å². The summed E-state index contributed by atoms with van der Waals surface area (Å²) in [4.78, 5) is 24.9. The first-order valence-corrected chi connectivity index (χ1v) is 8.64. The SMILES string of the molecule is CC(C)Oc1ccc(NC(=O)c2ccnc(NCc3cccnc3)n2)cc1. The molecule has 27 heavy (non-hydrogen) atoms. The Hall–Kier alpha value is -3.48. The summed E-state index contributed by atoms with van der Waals surface area (Å²) in [5.41, 5.74) is 1.94. The molecule has 0 atom stereocenters. The van der Waals surface area contributed by atoms with Gasteiger partial charge in [-0.3, -0.25) is 9.78 Å². The largest absolute Gasteiger partial charge is 0.491 e. The number of hydrogen-bond donors (Lipinski definition) is 2. The Labute approximate surface area is 157 Å². The van der Waals surface area contributed by atoms with Gasteiger partial charge in [0, 0.05) is 30.8 Å². The van der Waals surface area contributed by atoms with Crippen LogP contribution in [0.4, 0.5) is 11.6 Å². The lowest BCUT2D eigenvalue weighted by molar-refractivity contribution is 0.102. The number of carbonyl (C=O) groups excluding carboxylic acids is 1. The zero-order valence-electron chi connectivity index (χ0n) is 15.2. The number of anilines is 2. The first-order chi connectivity index (χ1) is 13.1. The predicted octanol–water partition coefficient (Wildman–Crippen LogP) is 3.52. The lowest BCUT2D eigenvalue weighted by Gasteiger charge is -2.11. The quantitative estimate of drug-likeness (QED) is 0.668. The highest BCUT2D eigenvalue weighted by Crippen LogP contribution is 2.17. The fourth-order valence-electron chi connectivity index (χ4n) is 2.34. The van der Waals surface area contributed by atoms with E-state index in [0.29, 0.717) is 18.2 Å². The van der Waals surface area contributed by atoms with Crippen LogP contribution in [0.2, 0.25) is 0 Å². The smallest absolute Gasteiger partial charge is 0.274 e. The number of ether oxygens (including phenoxy) is 1. The number of amides is 1. The van der Waals surface area contributed by atoms with E-state index in [1.165, 1.54) is 0 Å². The molecular weight excluding hydrogens is 342 g/mol. The van der Waals surface area contributed by atoms with E-state index >= 15 is 0 Å². The Balaban J connectivity index is 1.61. The molecule has 0 aliphatic heterocycles. The summed E-state index contributed by atoms with van der Waals surface area (Å²) >= 11 is 0. The molecule has 1 amide bonds. The molecule has 0 saturated heterocycles. The third-order valence-electron chi connectivity index (χ3n) is 3.55. The van der Waals surface area contributed by atoms with Crippen LogP contribution >= 0.6 is 0 Å². The summed E-state index contributed by atoms with van der Waals surface area (Å²) < 4.78 is 5.59. The molecule has 2 N–H and O–H groups in total. The number of carbonyl (C=O) groups is 1. The van der Waals surface area contributed by atoms with Crippen LogP contribution < -0.4 is 15.4 Å². The third kappa shape index (κ3) is 5.50. The van der Waals surface area contributed by atoms with Gasteiger partial charge in [-0.05, 0) is 55.8 Å². The summed E-state index contributed by atoms with van der Waals surface area (Å²) in [6.45, 7) is 4.45. The number of benzene rings is 1. The van der Waals surface area contributed by atoms with Crippen molar-refractivity contribution in [2.45, 2.75) is 26.5 Å². The zero-order valence-corrected chi connectivity index (χ0v) is 15.2. The molecular formula is C20H21N5O2. The molecule has 0 aliphatic rings. The Kier molecular flexibility index (Phi) is 5.94. The molecule has 0 saturated carbocycles. The van der Waals surface area contributed by atoms with Crippen LogP contribution in [0.25, 0.3) is 0 Å². The number of rotatable bonds is 7. The number of nitrogens with zero attached hydrogens (tertiary/aromatic N) is 3. The maximum absolute atomic E-state index is 12.4. The molecule has 138 valence electrons. The molecule has 0 bridgehead atoms. The van der Waals surface area contributed by atoms with Gasteiger partial charge in [-0.2, -0.15) is 0 Å². The highest BCUT2D eigenvalue weighted by atomic mass is 16.5. The van der Waals surface area contributed by atoms with E-state index in [-0.39, 0.29) is 17.7 Å². The molecule has 2 heterocycles. The van der Waals surface area contributed by atoms with Gasteiger partial charge in [-0.1, -0.05) is 6.07 Å².